The molecule has 0 atom stereocenters. The van der Waals surface area contributed by atoms with Gasteiger partial charge in [0.1, 0.15) is 5.75 Å². The lowest BCUT2D eigenvalue weighted by molar-refractivity contribution is 0.0602. The van der Waals surface area contributed by atoms with Gasteiger partial charge in [-0.15, -0.1) is 0 Å². The predicted molar refractivity (Wildman–Crippen MR) is 100 cm³/mol. The average molecular weight is 343 g/mol. The molecule has 0 aliphatic carbocycles. The van der Waals surface area contributed by atoms with Crippen LogP contribution in [0.2, 0.25) is 0 Å². The summed E-state index contributed by atoms with van der Waals surface area (Å²) in [6.45, 7) is 4.89. The number of esters is 1. The van der Waals surface area contributed by atoms with Crippen molar-refractivity contribution in [3.8, 4) is 5.75 Å². The number of hydrogen-bond acceptors (Lipinski definition) is 4. The minimum Gasteiger partial charge on any atom is -0.507 e. The van der Waals surface area contributed by atoms with Gasteiger partial charge in [0, 0.05) is 34.2 Å². The molecule has 0 aliphatic rings. The van der Waals surface area contributed by atoms with Crippen molar-refractivity contribution < 1.29 is 14.6 Å². The highest BCUT2D eigenvalue weighted by Crippen LogP contribution is 2.37. The monoisotopic (exact) mass is 343 g/mol. The fourth-order valence-corrected chi connectivity index (χ4v) is 3.86. The summed E-state index contributed by atoms with van der Waals surface area (Å²) in [7, 11) is 1.39. The number of nitrogens with zero attached hydrogens (tertiary/aromatic N) is 1. The van der Waals surface area contributed by atoms with Gasteiger partial charge in [0.2, 0.25) is 0 Å². The second-order valence-corrected chi connectivity index (χ2v) is 7.03. The van der Waals surface area contributed by atoms with E-state index in [2.05, 4.69) is 11.5 Å². The van der Waals surface area contributed by atoms with Crippen LogP contribution < -0.4 is 0 Å². The molecule has 3 aromatic rings. The van der Waals surface area contributed by atoms with Crippen LogP contribution in [0.1, 0.15) is 23.0 Å². The quantitative estimate of drug-likeness (QED) is 0.553. The van der Waals surface area contributed by atoms with E-state index in [1.165, 1.54) is 7.11 Å². The van der Waals surface area contributed by atoms with E-state index in [0.717, 1.165) is 45.4 Å². The number of aromatic nitrogens is 1. The predicted octanol–water partition coefficient (Wildman–Crippen LogP) is 4.35. The molecule has 0 fully saturated rings. The maximum atomic E-state index is 12.3. The molecular formula is C19H21NO3S. The molecule has 126 valence electrons. The highest BCUT2D eigenvalue weighted by atomic mass is 32.2. The number of methoxy groups -OCH3 is 1. The molecule has 0 aliphatic heterocycles. The molecule has 0 amide bonds. The van der Waals surface area contributed by atoms with Crippen molar-refractivity contribution in [2.45, 2.75) is 20.4 Å². The van der Waals surface area contributed by atoms with E-state index < -0.39 is 0 Å². The standard InChI is InChI=1S/C19H21NO3S/c1-4-24-10-9-20-12(2)17(19(22)23-3)15-11-16(21)13-7-5-6-8-14(13)18(15)20/h5-8,11,21H,4,9-10H2,1-3H3. The molecule has 1 N–H and O–H groups in total. The summed E-state index contributed by atoms with van der Waals surface area (Å²) in [6.07, 6.45) is 0. The topological polar surface area (TPSA) is 51.5 Å². The van der Waals surface area contributed by atoms with Gasteiger partial charge in [-0.25, -0.2) is 4.79 Å². The number of fused-ring (bicyclic) bond motifs is 3. The Labute approximate surface area is 145 Å². The van der Waals surface area contributed by atoms with Crippen LogP contribution >= 0.6 is 11.8 Å². The lowest BCUT2D eigenvalue weighted by Gasteiger charge is -2.10. The van der Waals surface area contributed by atoms with Crippen molar-refractivity contribution in [2.75, 3.05) is 18.6 Å². The number of aryl methyl sites for hydroxylation is 1. The normalized spacial score (nSPS) is 11.3. The molecule has 0 saturated carbocycles. The summed E-state index contributed by atoms with van der Waals surface area (Å²) in [5.41, 5.74) is 2.40. The molecule has 1 heterocycles. The van der Waals surface area contributed by atoms with Gasteiger partial charge < -0.3 is 14.4 Å². The highest BCUT2D eigenvalue weighted by Gasteiger charge is 2.23. The van der Waals surface area contributed by atoms with Crippen LogP contribution in [-0.4, -0.2) is 34.3 Å². The number of thioether (sulfide) groups is 1. The van der Waals surface area contributed by atoms with Crippen molar-refractivity contribution in [3.63, 3.8) is 0 Å². The van der Waals surface area contributed by atoms with Crippen LogP contribution in [0.15, 0.2) is 30.3 Å². The number of aromatic hydroxyl groups is 1. The Morgan fingerprint density at radius 2 is 1.96 bits per heavy atom. The molecule has 0 radical (unpaired) electrons. The molecule has 0 saturated heterocycles. The molecule has 2 aromatic carbocycles. The van der Waals surface area contributed by atoms with E-state index in [-0.39, 0.29) is 11.7 Å². The van der Waals surface area contributed by atoms with E-state index in [1.807, 2.05) is 43.0 Å². The van der Waals surface area contributed by atoms with Crippen LogP contribution in [-0.2, 0) is 11.3 Å². The third-order valence-corrected chi connectivity index (χ3v) is 5.23. The zero-order valence-corrected chi connectivity index (χ0v) is 14.9. The van der Waals surface area contributed by atoms with Crippen molar-refractivity contribution in [3.05, 3.63) is 41.6 Å². The summed E-state index contributed by atoms with van der Waals surface area (Å²) in [5, 5.41) is 12.9. The van der Waals surface area contributed by atoms with Crippen molar-refractivity contribution >= 4 is 39.4 Å². The molecule has 0 spiro atoms. The Kier molecular flexibility index (Phi) is 4.71. The Morgan fingerprint density at radius 3 is 2.62 bits per heavy atom. The first kappa shape index (κ1) is 16.7. The van der Waals surface area contributed by atoms with Gasteiger partial charge in [-0.3, -0.25) is 0 Å². The number of carbonyl (C=O) groups is 1. The zero-order valence-electron chi connectivity index (χ0n) is 14.1. The van der Waals surface area contributed by atoms with Gasteiger partial charge in [-0.1, -0.05) is 31.2 Å². The number of carbonyl (C=O) groups excluding carboxylic acids is 1. The lowest BCUT2D eigenvalue weighted by Crippen LogP contribution is -2.07. The summed E-state index contributed by atoms with van der Waals surface area (Å²) in [6, 6.07) is 9.42. The van der Waals surface area contributed by atoms with Gasteiger partial charge >= 0.3 is 5.97 Å². The number of phenolic OH excluding ortho intramolecular Hbond substituents is 1. The van der Waals surface area contributed by atoms with Gasteiger partial charge in [0.05, 0.1) is 18.2 Å². The third-order valence-electron chi connectivity index (χ3n) is 4.35. The SMILES string of the molecule is CCSCCn1c(C)c(C(=O)OC)c2cc(O)c3ccccc3c21. The summed E-state index contributed by atoms with van der Waals surface area (Å²) in [5.74, 6) is 1.85. The second kappa shape index (κ2) is 6.77. The van der Waals surface area contributed by atoms with Crippen LogP contribution in [0.25, 0.3) is 21.7 Å². The van der Waals surface area contributed by atoms with Crippen LogP contribution in [0.3, 0.4) is 0 Å². The smallest absolute Gasteiger partial charge is 0.340 e. The Hall–Kier alpha value is -2.14. The summed E-state index contributed by atoms with van der Waals surface area (Å²) < 4.78 is 7.15. The molecule has 3 rings (SSSR count). The van der Waals surface area contributed by atoms with E-state index in [0.29, 0.717) is 5.56 Å². The van der Waals surface area contributed by atoms with Gasteiger partial charge in [-0.2, -0.15) is 11.8 Å². The number of ether oxygens (including phenoxy) is 1. The first-order valence-corrected chi connectivity index (χ1v) is 9.15. The largest absolute Gasteiger partial charge is 0.507 e. The van der Waals surface area contributed by atoms with Crippen molar-refractivity contribution in [1.29, 1.82) is 0 Å². The summed E-state index contributed by atoms with van der Waals surface area (Å²) >= 11 is 1.87. The fourth-order valence-electron chi connectivity index (χ4n) is 3.26. The minimum absolute atomic E-state index is 0.184. The first-order valence-electron chi connectivity index (χ1n) is 7.99. The molecule has 1 aromatic heterocycles. The number of hydrogen-bond donors (Lipinski definition) is 1. The minimum atomic E-state index is -0.367. The maximum absolute atomic E-state index is 12.3. The van der Waals surface area contributed by atoms with Crippen LogP contribution in [0, 0.1) is 6.92 Å². The Balaban J connectivity index is 2.37. The second-order valence-electron chi connectivity index (χ2n) is 5.64. The number of phenols is 1. The maximum Gasteiger partial charge on any atom is 0.340 e. The zero-order chi connectivity index (χ0) is 17.3. The van der Waals surface area contributed by atoms with E-state index in [9.17, 15) is 9.90 Å². The third kappa shape index (κ3) is 2.63. The Bertz CT molecular complexity index is 914. The highest BCUT2D eigenvalue weighted by molar-refractivity contribution is 7.99. The van der Waals surface area contributed by atoms with E-state index in [4.69, 9.17) is 4.74 Å². The van der Waals surface area contributed by atoms with Gasteiger partial charge in [0.15, 0.2) is 0 Å². The average Bonchev–Trinajstić information content (AvgIpc) is 2.87. The molecule has 24 heavy (non-hydrogen) atoms. The van der Waals surface area contributed by atoms with Crippen LogP contribution in [0.5, 0.6) is 5.75 Å². The molecular weight excluding hydrogens is 322 g/mol. The number of benzene rings is 2. The van der Waals surface area contributed by atoms with Crippen molar-refractivity contribution in [1.82, 2.24) is 4.57 Å². The van der Waals surface area contributed by atoms with E-state index >= 15 is 0 Å². The van der Waals surface area contributed by atoms with Gasteiger partial charge in [-0.05, 0) is 18.7 Å². The van der Waals surface area contributed by atoms with Crippen LogP contribution in [0.4, 0.5) is 0 Å². The molecule has 0 unspecified atom stereocenters. The summed E-state index contributed by atoms with van der Waals surface area (Å²) in [4.78, 5) is 12.3. The fraction of sp³-hybridized carbons (Fsp3) is 0.316. The molecule has 0 bridgehead atoms. The van der Waals surface area contributed by atoms with Gasteiger partial charge in [0.25, 0.3) is 0 Å². The first-order chi connectivity index (χ1) is 11.6. The molecule has 4 nitrogen and oxygen atoms in total. The lowest BCUT2D eigenvalue weighted by atomic mass is 10.0. The van der Waals surface area contributed by atoms with E-state index in [1.54, 1.807) is 6.07 Å². The molecule has 5 heteroatoms. The number of rotatable bonds is 5. The Morgan fingerprint density at radius 1 is 1.25 bits per heavy atom. The van der Waals surface area contributed by atoms with Crippen molar-refractivity contribution in [2.24, 2.45) is 0 Å².